The summed E-state index contributed by atoms with van der Waals surface area (Å²) in [4.78, 5) is 72.6. The second-order valence-electron chi connectivity index (χ2n) is 28.6. The Morgan fingerprint density at radius 1 is 0.278 bits per heavy atom. The molecule has 0 aliphatic heterocycles. The molecule has 19 heteroatoms. The zero-order chi connectivity index (χ0) is 71.2. The first-order valence-electron chi connectivity index (χ1n) is 40.6. The Kier molecular flexibility index (Phi) is 69.6. The monoisotopic (exact) mass is 1420 g/mol. The normalized spacial score (nSPS) is 13.9. The van der Waals surface area contributed by atoms with Crippen molar-refractivity contribution >= 4 is 39.5 Å². The summed E-state index contributed by atoms with van der Waals surface area (Å²) >= 11 is 0. The number of hydrogen-bond donors (Lipinski definition) is 3. The Labute approximate surface area is 594 Å². The quantitative estimate of drug-likeness (QED) is 0.0222. The van der Waals surface area contributed by atoms with E-state index >= 15 is 0 Å². The Balaban J connectivity index is 5.13. The molecule has 0 aliphatic rings. The van der Waals surface area contributed by atoms with Crippen molar-refractivity contribution in [3.63, 3.8) is 0 Å². The van der Waals surface area contributed by atoms with Gasteiger partial charge in [-0.05, 0) is 31.6 Å². The van der Waals surface area contributed by atoms with E-state index in [1.54, 1.807) is 0 Å². The highest BCUT2D eigenvalue weighted by molar-refractivity contribution is 7.47. The predicted octanol–water partition coefficient (Wildman–Crippen LogP) is 23.3. The van der Waals surface area contributed by atoms with E-state index in [1.165, 1.54) is 231 Å². The molecule has 0 aromatic carbocycles. The smallest absolute Gasteiger partial charge is 0.462 e. The number of aliphatic hydroxyl groups excluding tert-OH is 1. The van der Waals surface area contributed by atoms with Crippen LogP contribution in [0.2, 0.25) is 0 Å². The maximum atomic E-state index is 13.1. The molecule has 0 radical (unpaired) electrons. The third-order valence-electron chi connectivity index (χ3n) is 18.3. The van der Waals surface area contributed by atoms with Crippen molar-refractivity contribution in [3.05, 3.63) is 0 Å². The molecule has 5 atom stereocenters. The highest BCUT2D eigenvalue weighted by Gasteiger charge is 2.30. The van der Waals surface area contributed by atoms with Crippen LogP contribution in [0.25, 0.3) is 0 Å². The molecule has 0 spiro atoms. The van der Waals surface area contributed by atoms with Gasteiger partial charge in [-0.3, -0.25) is 37.3 Å². The van der Waals surface area contributed by atoms with Gasteiger partial charge in [-0.15, -0.1) is 0 Å². The molecule has 0 aromatic rings. The van der Waals surface area contributed by atoms with Crippen molar-refractivity contribution in [2.45, 2.75) is 432 Å². The number of phosphoric ester groups is 2. The Hall–Kier alpha value is -1.94. The van der Waals surface area contributed by atoms with Crippen molar-refractivity contribution in [2.24, 2.45) is 5.92 Å². The zero-order valence-electron chi connectivity index (χ0n) is 63.2. The summed E-state index contributed by atoms with van der Waals surface area (Å²) in [6, 6.07) is 0. The second-order valence-corrected chi connectivity index (χ2v) is 31.5. The van der Waals surface area contributed by atoms with Crippen molar-refractivity contribution in [1.82, 2.24) is 0 Å². The van der Waals surface area contributed by atoms with Crippen LogP contribution in [0.15, 0.2) is 0 Å². The summed E-state index contributed by atoms with van der Waals surface area (Å²) in [5, 5.41) is 10.6. The molecule has 576 valence electrons. The SMILES string of the molecule is CCCCCCCCCCCCCCCCCCCCC(=O)OC[C@H](COP(=O)(O)OC[C@@H](O)COP(=O)(O)OC[C@@H](COC(=O)CCCCCCC)OC(=O)CCCCCCCCCCCCCCCCC)OC(=O)CCCCCCCCCCCCCCCCCCC(C)C. The van der Waals surface area contributed by atoms with Crippen molar-refractivity contribution in [1.29, 1.82) is 0 Å². The summed E-state index contributed by atoms with van der Waals surface area (Å²) in [6.45, 7) is 7.26. The topological polar surface area (TPSA) is 237 Å². The number of carbonyl (C=O) groups is 4. The van der Waals surface area contributed by atoms with Crippen molar-refractivity contribution < 1.29 is 80.2 Å². The molecule has 0 saturated heterocycles. The maximum absolute atomic E-state index is 13.1. The number of phosphoric acid groups is 2. The number of aliphatic hydroxyl groups is 1. The first-order chi connectivity index (χ1) is 47.0. The van der Waals surface area contributed by atoms with E-state index in [-0.39, 0.29) is 25.7 Å². The summed E-state index contributed by atoms with van der Waals surface area (Å²) < 4.78 is 68.4. The fourth-order valence-corrected chi connectivity index (χ4v) is 13.6. The van der Waals surface area contributed by atoms with Gasteiger partial charge in [-0.25, -0.2) is 9.13 Å². The van der Waals surface area contributed by atoms with Crippen LogP contribution in [0, 0.1) is 5.92 Å². The third-order valence-corrected chi connectivity index (χ3v) is 20.2. The number of hydrogen-bond acceptors (Lipinski definition) is 15. The molecule has 0 fully saturated rings. The third kappa shape index (κ3) is 72.2. The van der Waals surface area contributed by atoms with Gasteiger partial charge >= 0.3 is 39.5 Å². The van der Waals surface area contributed by atoms with E-state index in [1.807, 2.05) is 0 Å². The van der Waals surface area contributed by atoms with Gasteiger partial charge < -0.3 is 33.8 Å². The Morgan fingerprint density at radius 2 is 0.474 bits per heavy atom. The van der Waals surface area contributed by atoms with Gasteiger partial charge in [0.05, 0.1) is 26.4 Å². The minimum absolute atomic E-state index is 0.108. The largest absolute Gasteiger partial charge is 0.472 e. The molecule has 0 saturated carbocycles. The van der Waals surface area contributed by atoms with Gasteiger partial charge in [-0.1, -0.05) is 362 Å². The summed E-state index contributed by atoms with van der Waals surface area (Å²) in [7, 11) is -9.90. The lowest BCUT2D eigenvalue weighted by atomic mass is 10.0. The molecule has 0 aromatic heterocycles. The van der Waals surface area contributed by atoms with Crippen LogP contribution in [0.3, 0.4) is 0 Å². The van der Waals surface area contributed by atoms with E-state index in [2.05, 4.69) is 34.6 Å². The number of unbranched alkanes of at least 4 members (excludes halogenated alkanes) is 50. The summed E-state index contributed by atoms with van der Waals surface area (Å²) in [6.07, 6.45) is 61.5. The molecule has 0 rings (SSSR count). The second kappa shape index (κ2) is 71.1. The number of ether oxygens (including phenoxy) is 4. The standard InChI is InChI=1S/C78H152O17P2/c1-6-9-12-15-17-19-21-23-25-26-27-32-35-39-43-47-52-57-62-76(81)89-68-74(95-78(83)64-59-54-49-45-41-37-33-29-28-31-34-38-42-46-51-55-60-71(4)5)70-93-97(86,87)91-66-72(79)65-90-96(84,85)92-69-73(67-88-75(80)61-56-50-14-11-8-3)94-77(82)63-58-53-48-44-40-36-30-24-22-20-18-16-13-10-7-2/h71-74,79H,6-70H2,1-5H3,(H,84,85)(H,86,87)/t72-,73+,74+/m0/s1. The summed E-state index contributed by atoms with van der Waals surface area (Å²) in [5.74, 6) is -1.31. The van der Waals surface area contributed by atoms with Crippen LogP contribution in [-0.4, -0.2) is 96.7 Å². The minimum atomic E-state index is -4.96. The Bertz CT molecular complexity index is 1860. The van der Waals surface area contributed by atoms with Crippen molar-refractivity contribution in [3.8, 4) is 0 Å². The maximum Gasteiger partial charge on any atom is 0.472 e. The molecule has 0 aliphatic carbocycles. The zero-order valence-corrected chi connectivity index (χ0v) is 65.0. The first-order valence-corrected chi connectivity index (χ1v) is 43.6. The highest BCUT2D eigenvalue weighted by atomic mass is 31.2. The number of carbonyl (C=O) groups excluding carboxylic acids is 4. The predicted molar refractivity (Wildman–Crippen MR) is 395 cm³/mol. The fraction of sp³-hybridized carbons (Fsp3) is 0.949. The average molecular weight is 1420 g/mol. The van der Waals surface area contributed by atoms with E-state index in [0.717, 1.165) is 102 Å². The number of esters is 4. The molecule has 0 heterocycles. The lowest BCUT2D eigenvalue weighted by Gasteiger charge is -2.21. The fourth-order valence-electron chi connectivity index (χ4n) is 12.1. The van der Waals surface area contributed by atoms with E-state index in [0.29, 0.717) is 25.7 Å². The van der Waals surface area contributed by atoms with Crippen LogP contribution in [0.5, 0.6) is 0 Å². The Morgan fingerprint density at radius 3 is 0.701 bits per heavy atom. The molecule has 3 N–H and O–H groups in total. The van der Waals surface area contributed by atoms with Gasteiger partial charge in [0.1, 0.15) is 19.3 Å². The minimum Gasteiger partial charge on any atom is -0.462 e. The van der Waals surface area contributed by atoms with Crippen LogP contribution in [-0.2, 0) is 65.4 Å². The van der Waals surface area contributed by atoms with Gasteiger partial charge in [0.2, 0.25) is 0 Å². The molecule has 97 heavy (non-hydrogen) atoms. The van der Waals surface area contributed by atoms with Crippen molar-refractivity contribution in [2.75, 3.05) is 39.6 Å². The van der Waals surface area contributed by atoms with Gasteiger partial charge in [0.15, 0.2) is 12.2 Å². The van der Waals surface area contributed by atoms with Gasteiger partial charge in [0.25, 0.3) is 0 Å². The molecular formula is C78H152O17P2. The van der Waals surface area contributed by atoms with Crippen LogP contribution in [0.1, 0.15) is 413 Å². The molecule has 17 nitrogen and oxygen atoms in total. The van der Waals surface area contributed by atoms with E-state index in [9.17, 15) is 43.2 Å². The molecule has 0 bridgehead atoms. The van der Waals surface area contributed by atoms with E-state index < -0.39 is 97.5 Å². The molecular weight excluding hydrogens is 1270 g/mol. The highest BCUT2D eigenvalue weighted by Crippen LogP contribution is 2.45. The van der Waals surface area contributed by atoms with Gasteiger partial charge in [0, 0.05) is 25.7 Å². The number of rotatable bonds is 78. The average Bonchev–Trinajstić information content (AvgIpc) is 2.04. The van der Waals surface area contributed by atoms with Crippen LogP contribution >= 0.6 is 15.6 Å². The molecule has 0 amide bonds. The van der Waals surface area contributed by atoms with Crippen LogP contribution < -0.4 is 0 Å². The molecule has 2 unspecified atom stereocenters. The summed E-state index contributed by atoms with van der Waals surface area (Å²) in [5.41, 5.74) is 0. The first kappa shape index (κ1) is 95.1. The lowest BCUT2D eigenvalue weighted by molar-refractivity contribution is -0.161. The van der Waals surface area contributed by atoms with Crippen LogP contribution in [0.4, 0.5) is 0 Å². The lowest BCUT2D eigenvalue weighted by Crippen LogP contribution is -2.30. The van der Waals surface area contributed by atoms with E-state index in [4.69, 9.17) is 37.0 Å². The van der Waals surface area contributed by atoms with Gasteiger partial charge in [-0.2, -0.15) is 0 Å².